The van der Waals surface area contributed by atoms with Crippen molar-refractivity contribution in [2.24, 2.45) is 0 Å². The van der Waals surface area contributed by atoms with Crippen LogP contribution >= 0.6 is 12.2 Å². The van der Waals surface area contributed by atoms with Crippen molar-refractivity contribution >= 4 is 35.2 Å². The molecule has 0 saturated carbocycles. The van der Waals surface area contributed by atoms with Crippen LogP contribution in [0.1, 0.15) is 12.5 Å². The molecular formula is C16H21N3O5S. The second-order valence-corrected chi connectivity index (χ2v) is 5.49. The largest absolute Gasteiger partial charge is 0.468 e. The van der Waals surface area contributed by atoms with Gasteiger partial charge in [-0.2, -0.15) is 0 Å². The number of esters is 1. The van der Waals surface area contributed by atoms with Crippen molar-refractivity contribution in [3.8, 4) is 0 Å². The number of hydrogen-bond donors (Lipinski definition) is 3. The molecule has 0 aliphatic carbocycles. The summed E-state index contributed by atoms with van der Waals surface area (Å²) in [7, 11) is 1.26. The third-order valence-corrected chi connectivity index (χ3v) is 3.31. The summed E-state index contributed by atoms with van der Waals surface area (Å²) in [5.41, 5.74) is 0.844. The van der Waals surface area contributed by atoms with Gasteiger partial charge in [0.1, 0.15) is 19.2 Å². The SMILES string of the molecule is COC(=O)CNC(=S)CNC(=O)[C@H](C)NC(=O)OCc1ccccc1. The molecule has 0 radical (unpaired) electrons. The van der Waals surface area contributed by atoms with Gasteiger partial charge in [0, 0.05) is 0 Å². The van der Waals surface area contributed by atoms with Gasteiger partial charge in [-0.15, -0.1) is 0 Å². The number of methoxy groups -OCH3 is 1. The second kappa shape index (κ2) is 11.0. The van der Waals surface area contributed by atoms with Crippen molar-refractivity contribution in [3.63, 3.8) is 0 Å². The van der Waals surface area contributed by atoms with Crippen LogP contribution in [-0.2, 0) is 25.7 Å². The molecule has 0 saturated heterocycles. The number of thiocarbonyl (C=S) groups is 1. The number of ether oxygens (including phenoxy) is 2. The number of nitrogens with one attached hydrogen (secondary N) is 3. The van der Waals surface area contributed by atoms with Crippen LogP contribution in [-0.4, -0.2) is 49.2 Å². The van der Waals surface area contributed by atoms with Crippen molar-refractivity contribution in [1.29, 1.82) is 0 Å². The van der Waals surface area contributed by atoms with E-state index in [4.69, 9.17) is 17.0 Å². The van der Waals surface area contributed by atoms with Gasteiger partial charge in [-0.05, 0) is 12.5 Å². The Labute approximate surface area is 151 Å². The van der Waals surface area contributed by atoms with Crippen LogP contribution in [0.5, 0.6) is 0 Å². The molecule has 2 amide bonds. The Morgan fingerprint density at radius 1 is 1.12 bits per heavy atom. The van der Waals surface area contributed by atoms with E-state index in [1.807, 2.05) is 30.3 Å². The maximum absolute atomic E-state index is 11.9. The standard InChI is InChI=1S/C16H21N3O5S/c1-11(15(21)18-8-13(25)17-9-14(20)23-2)19-16(22)24-10-12-6-4-3-5-7-12/h3-7,11H,8-10H2,1-2H3,(H,17,25)(H,18,21)(H,19,22)/t11-/m0/s1. The number of amides is 2. The number of carbonyl (C=O) groups is 3. The lowest BCUT2D eigenvalue weighted by Gasteiger charge is -2.15. The molecule has 0 bridgehead atoms. The Bertz CT molecular complexity index is 609. The van der Waals surface area contributed by atoms with Gasteiger partial charge in [0.25, 0.3) is 0 Å². The van der Waals surface area contributed by atoms with Crippen LogP contribution in [0.2, 0.25) is 0 Å². The van der Waals surface area contributed by atoms with Crippen molar-refractivity contribution in [3.05, 3.63) is 35.9 Å². The predicted molar refractivity (Wildman–Crippen MR) is 94.9 cm³/mol. The minimum absolute atomic E-state index is 0.0379. The molecule has 0 spiro atoms. The summed E-state index contributed by atoms with van der Waals surface area (Å²) >= 11 is 4.96. The van der Waals surface area contributed by atoms with Gasteiger partial charge < -0.3 is 25.4 Å². The third-order valence-electron chi connectivity index (χ3n) is 3.02. The summed E-state index contributed by atoms with van der Waals surface area (Å²) < 4.78 is 9.49. The number of carbonyl (C=O) groups excluding carboxylic acids is 3. The summed E-state index contributed by atoms with van der Waals surface area (Å²) in [6, 6.07) is 8.39. The van der Waals surface area contributed by atoms with E-state index in [1.54, 1.807) is 0 Å². The van der Waals surface area contributed by atoms with E-state index in [1.165, 1.54) is 14.0 Å². The zero-order chi connectivity index (χ0) is 18.7. The monoisotopic (exact) mass is 367 g/mol. The first-order valence-corrected chi connectivity index (χ1v) is 7.91. The Hall–Kier alpha value is -2.68. The van der Waals surface area contributed by atoms with Crippen LogP contribution in [0.3, 0.4) is 0 Å². The summed E-state index contributed by atoms with van der Waals surface area (Å²) in [6.45, 7) is 1.59. The highest BCUT2D eigenvalue weighted by atomic mass is 32.1. The Morgan fingerprint density at radius 2 is 1.80 bits per heavy atom. The predicted octanol–water partition coefficient (Wildman–Crippen LogP) is 0.508. The van der Waals surface area contributed by atoms with Gasteiger partial charge in [-0.25, -0.2) is 4.79 Å². The summed E-state index contributed by atoms with van der Waals surface area (Å²) in [5.74, 6) is -0.899. The highest BCUT2D eigenvalue weighted by Gasteiger charge is 2.16. The number of alkyl carbamates (subject to hydrolysis) is 1. The van der Waals surface area contributed by atoms with E-state index < -0.39 is 24.0 Å². The van der Waals surface area contributed by atoms with Gasteiger partial charge in [0.2, 0.25) is 5.91 Å². The minimum Gasteiger partial charge on any atom is -0.468 e. The number of rotatable bonds is 8. The smallest absolute Gasteiger partial charge is 0.408 e. The molecule has 1 aromatic rings. The maximum Gasteiger partial charge on any atom is 0.408 e. The molecule has 0 heterocycles. The van der Waals surface area contributed by atoms with E-state index in [0.717, 1.165) is 5.56 Å². The molecule has 136 valence electrons. The molecule has 3 N–H and O–H groups in total. The summed E-state index contributed by atoms with van der Waals surface area (Å²) in [6.07, 6.45) is -0.696. The first kappa shape index (κ1) is 20.4. The molecular weight excluding hydrogens is 346 g/mol. The highest BCUT2D eigenvalue weighted by molar-refractivity contribution is 7.80. The molecule has 1 aromatic carbocycles. The van der Waals surface area contributed by atoms with Gasteiger partial charge in [0.15, 0.2) is 0 Å². The quantitative estimate of drug-likeness (QED) is 0.454. The lowest BCUT2D eigenvalue weighted by atomic mass is 10.2. The Balaban J connectivity index is 2.25. The van der Waals surface area contributed by atoms with Crippen LogP contribution in [0, 0.1) is 0 Å². The fraction of sp³-hybridized carbons (Fsp3) is 0.375. The second-order valence-electron chi connectivity index (χ2n) is 5.00. The molecule has 1 rings (SSSR count). The molecule has 0 aromatic heterocycles. The Kier molecular flexibility index (Phi) is 8.94. The van der Waals surface area contributed by atoms with Gasteiger partial charge in [0.05, 0.1) is 18.6 Å². The van der Waals surface area contributed by atoms with Crippen molar-refractivity contribution in [2.45, 2.75) is 19.6 Å². The molecule has 0 aliphatic heterocycles. The average molecular weight is 367 g/mol. The lowest BCUT2D eigenvalue weighted by molar-refractivity contribution is -0.139. The van der Waals surface area contributed by atoms with Crippen LogP contribution in [0.4, 0.5) is 4.79 Å². The van der Waals surface area contributed by atoms with E-state index in [0.29, 0.717) is 0 Å². The van der Waals surface area contributed by atoms with E-state index >= 15 is 0 Å². The molecule has 8 nitrogen and oxygen atoms in total. The third kappa shape index (κ3) is 8.66. The van der Waals surface area contributed by atoms with Crippen LogP contribution in [0.25, 0.3) is 0 Å². The highest BCUT2D eigenvalue weighted by Crippen LogP contribution is 2.00. The zero-order valence-electron chi connectivity index (χ0n) is 14.0. The normalized spacial score (nSPS) is 11.0. The summed E-state index contributed by atoms with van der Waals surface area (Å²) in [4.78, 5) is 34.8. The first-order chi connectivity index (χ1) is 11.9. The van der Waals surface area contributed by atoms with Crippen molar-refractivity contribution in [1.82, 2.24) is 16.0 Å². The van der Waals surface area contributed by atoms with E-state index in [-0.39, 0.29) is 24.7 Å². The fourth-order valence-corrected chi connectivity index (χ4v) is 1.78. The van der Waals surface area contributed by atoms with E-state index in [2.05, 4.69) is 20.7 Å². The fourth-order valence-electron chi connectivity index (χ4n) is 1.63. The lowest BCUT2D eigenvalue weighted by Crippen LogP contribution is -2.47. The Morgan fingerprint density at radius 3 is 2.44 bits per heavy atom. The van der Waals surface area contributed by atoms with Gasteiger partial charge in [-0.1, -0.05) is 42.5 Å². The average Bonchev–Trinajstić information content (AvgIpc) is 2.63. The zero-order valence-corrected chi connectivity index (χ0v) is 14.9. The molecule has 0 unspecified atom stereocenters. The topological polar surface area (TPSA) is 106 Å². The van der Waals surface area contributed by atoms with Crippen LogP contribution < -0.4 is 16.0 Å². The molecule has 0 aliphatic rings. The van der Waals surface area contributed by atoms with Crippen molar-refractivity contribution in [2.75, 3.05) is 20.2 Å². The summed E-state index contributed by atoms with van der Waals surface area (Å²) in [5, 5.41) is 7.60. The van der Waals surface area contributed by atoms with Gasteiger partial charge in [-0.3, -0.25) is 9.59 Å². The molecule has 0 fully saturated rings. The molecule has 9 heteroatoms. The van der Waals surface area contributed by atoms with Crippen LogP contribution in [0.15, 0.2) is 30.3 Å². The molecule has 25 heavy (non-hydrogen) atoms. The number of benzene rings is 1. The van der Waals surface area contributed by atoms with E-state index in [9.17, 15) is 14.4 Å². The maximum atomic E-state index is 11.9. The molecule has 1 atom stereocenters. The minimum atomic E-state index is -0.799. The first-order valence-electron chi connectivity index (χ1n) is 7.50. The van der Waals surface area contributed by atoms with Gasteiger partial charge >= 0.3 is 12.1 Å². The van der Waals surface area contributed by atoms with Crippen molar-refractivity contribution < 1.29 is 23.9 Å². The number of hydrogen-bond acceptors (Lipinski definition) is 6.